The number of halogens is 2. The minimum atomic E-state index is -0.633. The maximum atomic E-state index is 13.0. The van der Waals surface area contributed by atoms with Gasteiger partial charge in [0.15, 0.2) is 0 Å². The molecular formula is C13H17F2NO. The molecule has 2 nitrogen and oxygen atoms in total. The van der Waals surface area contributed by atoms with Crippen LogP contribution in [0.1, 0.15) is 26.7 Å². The number of ether oxygens (including phenoxy) is 1. The van der Waals surface area contributed by atoms with Crippen LogP contribution in [0.2, 0.25) is 0 Å². The molecule has 0 radical (unpaired) electrons. The van der Waals surface area contributed by atoms with Gasteiger partial charge in [0.25, 0.3) is 0 Å². The smallest absolute Gasteiger partial charge is 0.129 e. The minimum absolute atomic E-state index is 0.0105. The fourth-order valence-electron chi connectivity index (χ4n) is 2.27. The van der Waals surface area contributed by atoms with Crippen LogP contribution < -0.4 is 10.5 Å². The van der Waals surface area contributed by atoms with E-state index in [-0.39, 0.29) is 23.3 Å². The Hall–Kier alpha value is -1.16. The largest absolute Gasteiger partial charge is 0.489 e. The number of nitrogens with two attached hydrogens (primary N) is 1. The lowest BCUT2D eigenvalue weighted by atomic mass is 9.88. The zero-order chi connectivity index (χ0) is 12.6. The van der Waals surface area contributed by atoms with Gasteiger partial charge < -0.3 is 10.5 Å². The van der Waals surface area contributed by atoms with Crippen LogP contribution in [-0.2, 0) is 0 Å². The zero-order valence-electron chi connectivity index (χ0n) is 10.0. The van der Waals surface area contributed by atoms with E-state index in [1.54, 1.807) is 0 Å². The lowest BCUT2D eigenvalue weighted by molar-refractivity contribution is 0.163. The average Bonchev–Trinajstić information content (AvgIpc) is 2.44. The van der Waals surface area contributed by atoms with Crippen LogP contribution >= 0.6 is 0 Å². The Morgan fingerprint density at radius 1 is 1.24 bits per heavy atom. The van der Waals surface area contributed by atoms with Crippen LogP contribution in [0.25, 0.3) is 0 Å². The van der Waals surface area contributed by atoms with Crippen LogP contribution in [0.15, 0.2) is 18.2 Å². The molecule has 17 heavy (non-hydrogen) atoms. The van der Waals surface area contributed by atoms with Gasteiger partial charge in [-0.15, -0.1) is 0 Å². The van der Waals surface area contributed by atoms with Gasteiger partial charge in [0, 0.05) is 24.2 Å². The van der Waals surface area contributed by atoms with Gasteiger partial charge in [-0.2, -0.15) is 0 Å². The first-order chi connectivity index (χ1) is 7.88. The molecule has 2 N–H and O–H groups in total. The monoisotopic (exact) mass is 241 g/mol. The molecule has 0 heterocycles. The van der Waals surface area contributed by atoms with Crippen molar-refractivity contribution in [3.63, 3.8) is 0 Å². The maximum absolute atomic E-state index is 13.0. The normalized spacial score (nSPS) is 27.1. The molecule has 0 bridgehead atoms. The Morgan fingerprint density at radius 2 is 1.82 bits per heavy atom. The van der Waals surface area contributed by atoms with Crippen LogP contribution in [0, 0.1) is 17.0 Å². The van der Waals surface area contributed by atoms with E-state index in [2.05, 4.69) is 13.8 Å². The summed E-state index contributed by atoms with van der Waals surface area (Å²) < 4.78 is 31.6. The first-order valence-corrected chi connectivity index (χ1v) is 5.77. The molecule has 1 aliphatic rings. The van der Waals surface area contributed by atoms with Gasteiger partial charge in [0.2, 0.25) is 0 Å². The first kappa shape index (κ1) is 12.3. The van der Waals surface area contributed by atoms with E-state index in [0.717, 1.165) is 18.9 Å². The molecule has 94 valence electrons. The molecule has 0 aliphatic heterocycles. The van der Waals surface area contributed by atoms with Crippen molar-refractivity contribution in [2.24, 2.45) is 11.1 Å². The van der Waals surface area contributed by atoms with E-state index in [1.807, 2.05) is 0 Å². The summed E-state index contributed by atoms with van der Waals surface area (Å²) in [6.45, 7) is 4.15. The molecule has 2 unspecified atom stereocenters. The average molecular weight is 241 g/mol. The van der Waals surface area contributed by atoms with Crippen molar-refractivity contribution in [2.45, 2.75) is 38.8 Å². The highest BCUT2D eigenvalue weighted by Gasteiger charge is 2.40. The first-order valence-electron chi connectivity index (χ1n) is 5.77. The topological polar surface area (TPSA) is 35.2 Å². The van der Waals surface area contributed by atoms with E-state index >= 15 is 0 Å². The summed E-state index contributed by atoms with van der Waals surface area (Å²) in [5, 5.41) is 0. The SMILES string of the molecule is CC1(C)CCC(Oc2cc(F)cc(F)c2)C1N. The van der Waals surface area contributed by atoms with Gasteiger partial charge in [-0.3, -0.25) is 0 Å². The van der Waals surface area contributed by atoms with Crippen molar-refractivity contribution in [3.8, 4) is 5.75 Å². The van der Waals surface area contributed by atoms with Gasteiger partial charge >= 0.3 is 0 Å². The molecular weight excluding hydrogens is 224 g/mol. The van der Waals surface area contributed by atoms with Crippen molar-refractivity contribution in [3.05, 3.63) is 29.8 Å². The number of benzene rings is 1. The van der Waals surface area contributed by atoms with Crippen LogP contribution in [0.4, 0.5) is 8.78 Å². The Morgan fingerprint density at radius 3 is 2.29 bits per heavy atom. The van der Waals surface area contributed by atoms with E-state index in [9.17, 15) is 8.78 Å². The van der Waals surface area contributed by atoms with Gasteiger partial charge in [0.1, 0.15) is 23.5 Å². The second-order valence-electron chi connectivity index (χ2n) is 5.31. The zero-order valence-corrected chi connectivity index (χ0v) is 10.0. The predicted octanol–water partition coefficient (Wildman–Crippen LogP) is 2.86. The molecule has 1 aromatic rings. The highest BCUT2D eigenvalue weighted by atomic mass is 19.1. The predicted molar refractivity (Wildman–Crippen MR) is 61.8 cm³/mol. The number of hydrogen-bond acceptors (Lipinski definition) is 2. The molecule has 1 aromatic carbocycles. The lowest BCUT2D eigenvalue weighted by Gasteiger charge is -2.27. The molecule has 2 rings (SSSR count). The minimum Gasteiger partial charge on any atom is -0.489 e. The molecule has 0 amide bonds. The second kappa shape index (κ2) is 4.26. The van der Waals surface area contributed by atoms with Crippen molar-refractivity contribution >= 4 is 0 Å². The number of hydrogen-bond donors (Lipinski definition) is 1. The van der Waals surface area contributed by atoms with Gasteiger partial charge in [-0.25, -0.2) is 8.78 Å². The van der Waals surface area contributed by atoms with E-state index in [0.29, 0.717) is 0 Å². The third kappa shape index (κ3) is 2.57. The number of rotatable bonds is 2. The Labute approximate surface area is 99.8 Å². The van der Waals surface area contributed by atoms with E-state index < -0.39 is 11.6 Å². The maximum Gasteiger partial charge on any atom is 0.129 e. The Balaban J connectivity index is 2.12. The van der Waals surface area contributed by atoms with Crippen LogP contribution in [0.3, 0.4) is 0 Å². The lowest BCUT2D eigenvalue weighted by Crippen LogP contribution is -2.42. The molecule has 4 heteroatoms. The molecule has 0 saturated heterocycles. The summed E-state index contributed by atoms with van der Waals surface area (Å²) in [6, 6.07) is 3.07. The van der Waals surface area contributed by atoms with Crippen molar-refractivity contribution in [1.82, 2.24) is 0 Å². The summed E-state index contributed by atoms with van der Waals surface area (Å²) in [5.41, 5.74) is 6.08. The van der Waals surface area contributed by atoms with Gasteiger partial charge in [-0.05, 0) is 18.3 Å². The second-order valence-corrected chi connectivity index (χ2v) is 5.31. The van der Waals surface area contributed by atoms with Crippen molar-refractivity contribution in [1.29, 1.82) is 0 Å². The fourth-order valence-corrected chi connectivity index (χ4v) is 2.27. The third-order valence-electron chi connectivity index (χ3n) is 3.50. The molecule has 1 aliphatic carbocycles. The third-order valence-corrected chi connectivity index (χ3v) is 3.50. The van der Waals surface area contributed by atoms with Gasteiger partial charge in [-0.1, -0.05) is 13.8 Å². The van der Waals surface area contributed by atoms with E-state index in [1.165, 1.54) is 12.1 Å². The Bertz CT molecular complexity index is 400. The van der Waals surface area contributed by atoms with Crippen molar-refractivity contribution < 1.29 is 13.5 Å². The molecule has 0 spiro atoms. The quantitative estimate of drug-likeness (QED) is 0.864. The highest BCUT2D eigenvalue weighted by Crippen LogP contribution is 2.38. The summed E-state index contributed by atoms with van der Waals surface area (Å²) in [6.07, 6.45) is 1.59. The molecule has 1 saturated carbocycles. The molecule has 2 atom stereocenters. The van der Waals surface area contributed by atoms with Crippen molar-refractivity contribution in [2.75, 3.05) is 0 Å². The highest BCUT2D eigenvalue weighted by molar-refractivity contribution is 5.24. The Kier molecular flexibility index (Phi) is 3.08. The molecule has 1 fully saturated rings. The summed E-state index contributed by atoms with van der Waals surface area (Å²) in [4.78, 5) is 0. The summed E-state index contributed by atoms with van der Waals surface area (Å²) >= 11 is 0. The van der Waals surface area contributed by atoms with Crippen LogP contribution in [-0.4, -0.2) is 12.1 Å². The standard InChI is InChI=1S/C13H17F2NO/c1-13(2)4-3-11(12(13)16)17-10-6-8(14)5-9(15)7-10/h5-7,11-12H,3-4,16H2,1-2H3. The fraction of sp³-hybridized carbons (Fsp3) is 0.538. The molecule has 0 aromatic heterocycles. The van der Waals surface area contributed by atoms with Crippen LogP contribution in [0.5, 0.6) is 5.75 Å². The van der Waals surface area contributed by atoms with E-state index in [4.69, 9.17) is 10.5 Å². The van der Waals surface area contributed by atoms with Gasteiger partial charge in [0.05, 0.1) is 0 Å². The summed E-state index contributed by atoms with van der Waals surface area (Å²) in [7, 11) is 0. The summed E-state index contributed by atoms with van der Waals surface area (Å²) in [5.74, 6) is -1.06.